The van der Waals surface area contributed by atoms with Crippen LogP contribution in [0.2, 0.25) is 0 Å². The van der Waals surface area contributed by atoms with Crippen LogP contribution in [0.25, 0.3) is 16.9 Å². The van der Waals surface area contributed by atoms with E-state index in [-0.39, 0.29) is 18.4 Å². The van der Waals surface area contributed by atoms with E-state index in [1.54, 1.807) is 16.7 Å². The zero-order valence-corrected chi connectivity index (χ0v) is 21.9. The van der Waals surface area contributed by atoms with Crippen molar-refractivity contribution in [3.8, 4) is 22.7 Å². The lowest BCUT2D eigenvalue weighted by Crippen LogP contribution is -2.42. The standard InChI is InChI=1S/C32H27N5O3/c1-40-25-18-16-24(17-19-25)28-30-32(39)36(21-23-12-6-3-7-13-23)29(31(38)33-20-22-10-4-2-5-11-22)26-14-8-9-15-27(26)37(30)35-34-28/h2-19,29H,20-21H2,1H3,(H,33,38). The van der Waals surface area contributed by atoms with Crippen LogP contribution in [0.15, 0.2) is 109 Å². The summed E-state index contributed by atoms with van der Waals surface area (Å²) in [7, 11) is 1.60. The van der Waals surface area contributed by atoms with Gasteiger partial charge in [0.2, 0.25) is 5.91 Å². The van der Waals surface area contributed by atoms with Crippen molar-refractivity contribution in [2.24, 2.45) is 0 Å². The minimum atomic E-state index is -0.891. The van der Waals surface area contributed by atoms with Gasteiger partial charge in [-0.25, -0.2) is 4.68 Å². The molecular formula is C32H27N5O3. The van der Waals surface area contributed by atoms with Crippen molar-refractivity contribution in [1.29, 1.82) is 0 Å². The Morgan fingerprint density at radius 1 is 0.850 bits per heavy atom. The number of nitrogens with zero attached hydrogens (tertiary/aromatic N) is 4. The molecule has 0 bridgehead atoms. The van der Waals surface area contributed by atoms with Crippen molar-refractivity contribution in [2.75, 3.05) is 7.11 Å². The van der Waals surface area contributed by atoms with Gasteiger partial charge in [0.1, 0.15) is 17.5 Å². The molecule has 1 aromatic heterocycles. The molecule has 198 valence electrons. The second kappa shape index (κ2) is 10.9. The first-order valence-electron chi connectivity index (χ1n) is 13.0. The highest BCUT2D eigenvalue weighted by Gasteiger charge is 2.40. The quantitative estimate of drug-likeness (QED) is 0.322. The third kappa shape index (κ3) is 4.71. The Morgan fingerprint density at radius 2 is 1.50 bits per heavy atom. The minimum absolute atomic E-state index is 0.227. The number of benzene rings is 4. The van der Waals surface area contributed by atoms with E-state index < -0.39 is 6.04 Å². The molecule has 2 amide bonds. The van der Waals surface area contributed by atoms with Gasteiger partial charge in [-0.05, 0) is 41.5 Å². The van der Waals surface area contributed by atoms with Crippen molar-refractivity contribution in [2.45, 2.75) is 19.1 Å². The van der Waals surface area contributed by atoms with Crippen LogP contribution in [-0.4, -0.2) is 38.8 Å². The number of aromatic nitrogens is 3. The molecule has 6 rings (SSSR count). The summed E-state index contributed by atoms with van der Waals surface area (Å²) in [6, 6.07) is 33.3. The maximum Gasteiger partial charge on any atom is 0.276 e. The van der Waals surface area contributed by atoms with Crippen LogP contribution < -0.4 is 10.1 Å². The van der Waals surface area contributed by atoms with Crippen LogP contribution in [0.5, 0.6) is 5.75 Å². The molecule has 0 fully saturated rings. The summed E-state index contributed by atoms with van der Waals surface area (Å²) in [6.07, 6.45) is 0. The number of para-hydroxylation sites is 1. The van der Waals surface area contributed by atoms with Crippen LogP contribution in [0.4, 0.5) is 0 Å². The summed E-state index contributed by atoms with van der Waals surface area (Å²) >= 11 is 0. The van der Waals surface area contributed by atoms with Gasteiger partial charge in [-0.1, -0.05) is 84.1 Å². The van der Waals surface area contributed by atoms with Gasteiger partial charge in [0.15, 0.2) is 5.69 Å². The van der Waals surface area contributed by atoms with Crippen molar-refractivity contribution >= 4 is 11.8 Å². The van der Waals surface area contributed by atoms with Gasteiger partial charge in [-0.3, -0.25) is 9.59 Å². The summed E-state index contributed by atoms with van der Waals surface area (Å²) < 4.78 is 6.86. The molecule has 40 heavy (non-hydrogen) atoms. The van der Waals surface area contributed by atoms with Crippen LogP contribution >= 0.6 is 0 Å². The highest BCUT2D eigenvalue weighted by molar-refractivity contribution is 6.02. The van der Waals surface area contributed by atoms with Gasteiger partial charge < -0.3 is 15.0 Å². The zero-order chi connectivity index (χ0) is 27.5. The van der Waals surface area contributed by atoms with Gasteiger partial charge >= 0.3 is 0 Å². The van der Waals surface area contributed by atoms with Gasteiger partial charge in [-0.2, -0.15) is 0 Å². The SMILES string of the molecule is COc1ccc(-c2nnn3c2C(=O)N(Cc2ccccc2)C(C(=O)NCc2ccccc2)c2ccccc2-3)cc1. The highest BCUT2D eigenvalue weighted by atomic mass is 16.5. The molecule has 0 saturated heterocycles. The molecule has 0 radical (unpaired) electrons. The van der Waals surface area contributed by atoms with Gasteiger partial charge in [0.05, 0.1) is 12.8 Å². The summed E-state index contributed by atoms with van der Waals surface area (Å²) in [5.41, 5.74) is 4.63. The Bertz CT molecular complexity index is 1650. The summed E-state index contributed by atoms with van der Waals surface area (Å²) in [5, 5.41) is 11.9. The number of amides is 2. The summed E-state index contributed by atoms with van der Waals surface area (Å²) in [6.45, 7) is 0.569. The van der Waals surface area contributed by atoms with E-state index in [1.807, 2.05) is 109 Å². The van der Waals surface area contributed by atoms with Crippen molar-refractivity contribution in [1.82, 2.24) is 25.2 Å². The Hall–Kier alpha value is -5.24. The number of hydrogen-bond acceptors (Lipinski definition) is 5. The smallest absolute Gasteiger partial charge is 0.276 e. The molecule has 4 aromatic carbocycles. The topological polar surface area (TPSA) is 89.4 Å². The molecule has 8 nitrogen and oxygen atoms in total. The van der Waals surface area contributed by atoms with Gasteiger partial charge in [0, 0.05) is 24.2 Å². The van der Waals surface area contributed by atoms with Crippen molar-refractivity contribution in [3.63, 3.8) is 0 Å². The summed E-state index contributed by atoms with van der Waals surface area (Å²) in [4.78, 5) is 30.1. The number of carbonyl (C=O) groups excluding carboxylic acids is 2. The molecular weight excluding hydrogens is 502 g/mol. The number of methoxy groups -OCH3 is 1. The molecule has 2 heterocycles. The fourth-order valence-corrected chi connectivity index (χ4v) is 5.03. The first-order valence-corrected chi connectivity index (χ1v) is 13.0. The second-order valence-electron chi connectivity index (χ2n) is 9.51. The number of fused-ring (bicyclic) bond motifs is 3. The molecule has 0 saturated carbocycles. The monoisotopic (exact) mass is 529 g/mol. The van der Waals surface area contributed by atoms with E-state index in [9.17, 15) is 9.59 Å². The zero-order valence-electron chi connectivity index (χ0n) is 21.9. The Kier molecular flexibility index (Phi) is 6.80. The normalized spacial score (nSPS) is 14.2. The third-order valence-electron chi connectivity index (χ3n) is 7.02. The van der Waals surface area contributed by atoms with Crippen LogP contribution in [0, 0.1) is 0 Å². The maximum atomic E-state index is 14.5. The van der Waals surface area contributed by atoms with Crippen LogP contribution in [0.1, 0.15) is 33.2 Å². The average Bonchev–Trinajstić information content (AvgIpc) is 3.42. The lowest BCUT2D eigenvalue weighted by atomic mass is 10.0. The molecule has 1 aliphatic rings. The number of hydrogen-bond donors (Lipinski definition) is 1. The first kappa shape index (κ1) is 25.1. The number of ether oxygens (including phenoxy) is 1. The highest BCUT2D eigenvalue weighted by Crippen LogP contribution is 2.36. The van der Waals surface area contributed by atoms with Crippen LogP contribution in [0.3, 0.4) is 0 Å². The first-order chi connectivity index (χ1) is 19.6. The number of rotatable bonds is 7. The fraction of sp³-hybridized carbons (Fsp3) is 0.125. The molecule has 0 aliphatic carbocycles. The lowest BCUT2D eigenvalue weighted by Gasteiger charge is -2.30. The van der Waals surface area contributed by atoms with E-state index in [0.29, 0.717) is 34.9 Å². The number of nitrogens with one attached hydrogen (secondary N) is 1. The summed E-state index contributed by atoms with van der Waals surface area (Å²) in [5.74, 6) is 0.0839. The molecule has 5 aromatic rings. The predicted octanol–water partition coefficient (Wildman–Crippen LogP) is 4.96. The Labute approximate surface area is 231 Å². The van der Waals surface area contributed by atoms with E-state index in [2.05, 4.69) is 15.6 Å². The Balaban J connectivity index is 1.47. The average molecular weight is 530 g/mol. The van der Waals surface area contributed by atoms with Crippen LogP contribution in [-0.2, 0) is 17.9 Å². The van der Waals surface area contributed by atoms with Crippen molar-refractivity contribution in [3.05, 3.63) is 132 Å². The van der Waals surface area contributed by atoms with E-state index >= 15 is 0 Å². The van der Waals surface area contributed by atoms with E-state index in [4.69, 9.17) is 4.74 Å². The fourth-order valence-electron chi connectivity index (χ4n) is 5.03. The molecule has 0 spiro atoms. The van der Waals surface area contributed by atoms with E-state index in [0.717, 1.165) is 16.7 Å². The molecule has 8 heteroatoms. The number of carbonyl (C=O) groups is 2. The van der Waals surface area contributed by atoms with E-state index in [1.165, 1.54) is 0 Å². The largest absolute Gasteiger partial charge is 0.497 e. The maximum absolute atomic E-state index is 14.5. The molecule has 1 unspecified atom stereocenters. The Morgan fingerprint density at radius 3 is 2.20 bits per heavy atom. The third-order valence-corrected chi connectivity index (χ3v) is 7.02. The predicted molar refractivity (Wildman–Crippen MR) is 151 cm³/mol. The van der Waals surface area contributed by atoms with Gasteiger partial charge in [0.25, 0.3) is 5.91 Å². The molecule has 1 atom stereocenters. The molecule has 1 N–H and O–H groups in total. The second-order valence-corrected chi connectivity index (χ2v) is 9.51. The van der Waals surface area contributed by atoms with Crippen molar-refractivity contribution < 1.29 is 14.3 Å². The lowest BCUT2D eigenvalue weighted by molar-refractivity contribution is -0.126. The van der Waals surface area contributed by atoms with Gasteiger partial charge in [-0.15, -0.1) is 5.10 Å². The molecule has 1 aliphatic heterocycles. The minimum Gasteiger partial charge on any atom is -0.497 e.